The molecular weight excluding hydrogens is 229 g/mol. The fraction of sp³-hybridized carbons (Fsp3) is 0.200. The summed E-state index contributed by atoms with van der Waals surface area (Å²) >= 11 is 0. The second-order valence-corrected chi connectivity index (χ2v) is 4.01. The number of para-hydroxylation sites is 1. The third kappa shape index (κ3) is 3.08. The summed E-state index contributed by atoms with van der Waals surface area (Å²) in [4.78, 5) is 0. The molecule has 2 aromatic rings. The van der Waals surface area contributed by atoms with Crippen LogP contribution in [-0.2, 0) is 13.1 Å². The summed E-state index contributed by atoms with van der Waals surface area (Å²) in [7, 11) is 1.65. The van der Waals surface area contributed by atoms with Gasteiger partial charge < -0.3 is 10.1 Å². The maximum atomic E-state index is 13.4. The fourth-order valence-electron chi connectivity index (χ4n) is 1.82. The van der Waals surface area contributed by atoms with Crippen molar-refractivity contribution in [2.75, 3.05) is 7.11 Å². The van der Waals surface area contributed by atoms with Crippen LogP contribution in [0.1, 0.15) is 11.1 Å². The van der Waals surface area contributed by atoms with Gasteiger partial charge in [-0.05, 0) is 12.1 Å². The summed E-state index contributed by atoms with van der Waals surface area (Å²) in [6, 6.07) is 14.6. The minimum absolute atomic E-state index is 0.176. The number of hydrogen-bond acceptors (Lipinski definition) is 2. The monoisotopic (exact) mass is 245 g/mol. The van der Waals surface area contributed by atoms with E-state index in [0.717, 1.165) is 11.3 Å². The van der Waals surface area contributed by atoms with Crippen molar-refractivity contribution in [1.82, 2.24) is 5.32 Å². The van der Waals surface area contributed by atoms with Gasteiger partial charge in [0.25, 0.3) is 0 Å². The second kappa shape index (κ2) is 6.17. The first-order chi connectivity index (χ1) is 8.81. The third-order valence-corrected chi connectivity index (χ3v) is 2.78. The van der Waals surface area contributed by atoms with Crippen molar-refractivity contribution in [3.63, 3.8) is 0 Å². The minimum atomic E-state index is -0.176. The molecule has 2 aromatic carbocycles. The molecule has 0 aliphatic heterocycles. The molecule has 1 N–H and O–H groups in total. The van der Waals surface area contributed by atoms with E-state index >= 15 is 0 Å². The number of ether oxygens (including phenoxy) is 1. The van der Waals surface area contributed by atoms with Crippen molar-refractivity contribution < 1.29 is 9.13 Å². The van der Waals surface area contributed by atoms with Gasteiger partial charge in [0.15, 0.2) is 0 Å². The Hall–Kier alpha value is -1.87. The van der Waals surface area contributed by atoms with Crippen LogP contribution in [0.3, 0.4) is 0 Å². The molecule has 0 aliphatic rings. The van der Waals surface area contributed by atoms with E-state index in [1.165, 1.54) is 6.07 Å². The number of hydrogen-bond donors (Lipinski definition) is 1. The molecular formula is C15H16FNO. The van der Waals surface area contributed by atoms with Gasteiger partial charge in [0.05, 0.1) is 7.11 Å². The predicted octanol–water partition coefficient (Wildman–Crippen LogP) is 3.12. The summed E-state index contributed by atoms with van der Waals surface area (Å²) in [5.74, 6) is 0.670. The van der Waals surface area contributed by atoms with E-state index in [0.29, 0.717) is 18.7 Å². The van der Waals surface area contributed by atoms with Crippen LogP contribution in [0.25, 0.3) is 0 Å². The van der Waals surface area contributed by atoms with Crippen LogP contribution in [0, 0.1) is 5.82 Å². The van der Waals surface area contributed by atoms with Crippen molar-refractivity contribution in [3.05, 3.63) is 65.5 Å². The molecule has 0 atom stereocenters. The molecule has 2 nitrogen and oxygen atoms in total. The summed E-state index contributed by atoms with van der Waals surface area (Å²) in [6.45, 7) is 1.16. The molecule has 0 heterocycles. The Bertz CT molecular complexity index is 513. The molecule has 0 saturated heterocycles. The second-order valence-electron chi connectivity index (χ2n) is 4.01. The average molecular weight is 245 g/mol. The van der Waals surface area contributed by atoms with E-state index in [4.69, 9.17) is 4.74 Å². The van der Waals surface area contributed by atoms with Crippen molar-refractivity contribution in [2.24, 2.45) is 0 Å². The highest BCUT2D eigenvalue weighted by Crippen LogP contribution is 2.17. The maximum absolute atomic E-state index is 13.4. The molecule has 0 bridgehead atoms. The van der Waals surface area contributed by atoms with Crippen LogP contribution in [0.15, 0.2) is 48.5 Å². The number of methoxy groups -OCH3 is 1. The summed E-state index contributed by atoms with van der Waals surface area (Å²) in [5, 5.41) is 3.21. The normalized spacial score (nSPS) is 10.3. The summed E-state index contributed by atoms with van der Waals surface area (Å²) < 4.78 is 18.7. The Morgan fingerprint density at radius 2 is 1.56 bits per heavy atom. The zero-order valence-corrected chi connectivity index (χ0v) is 10.3. The number of rotatable bonds is 5. The SMILES string of the molecule is COc1ccccc1CNCc1ccccc1F. The van der Waals surface area contributed by atoms with Gasteiger partial charge in [-0.2, -0.15) is 0 Å². The van der Waals surface area contributed by atoms with E-state index in [-0.39, 0.29) is 5.82 Å². The van der Waals surface area contributed by atoms with Crippen LogP contribution in [0.5, 0.6) is 5.75 Å². The third-order valence-electron chi connectivity index (χ3n) is 2.78. The smallest absolute Gasteiger partial charge is 0.127 e. The fourth-order valence-corrected chi connectivity index (χ4v) is 1.82. The topological polar surface area (TPSA) is 21.3 Å². The van der Waals surface area contributed by atoms with E-state index in [2.05, 4.69) is 5.32 Å². The lowest BCUT2D eigenvalue weighted by Gasteiger charge is -2.09. The minimum Gasteiger partial charge on any atom is -0.496 e. The molecule has 0 amide bonds. The Morgan fingerprint density at radius 1 is 0.944 bits per heavy atom. The molecule has 18 heavy (non-hydrogen) atoms. The van der Waals surface area contributed by atoms with Crippen LogP contribution >= 0.6 is 0 Å². The molecule has 3 heteroatoms. The Balaban J connectivity index is 1.95. The van der Waals surface area contributed by atoms with Crippen molar-refractivity contribution in [2.45, 2.75) is 13.1 Å². The van der Waals surface area contributed by atoms with E-state index in [1.807, 2.05) is 30.3 Å². The molecule has 94 valence electrons. The van der Waals surface area contributed by atoms with Gasteiger partial charge in [-0.25, -0.2) is 4.39 Å². The lowest BCUT2D eigenvalue weighted by molar-refractivity contribution is 0.407. The van der Waals surface area contributed by atoms with E-state index < -0.39 is 0 Å². The van der Waals surface area contributed by atoms with Gasteiger partial charge in [-0.3, -0.25) is 0 Å². The highest BCUT2D eigenvalue weighted by Gasteiger charge is 2.03. The van der Waals surface area contributed by atoms with Gasteiger partial charge in [-0.1, -0.05) is 36.4 Å². The zero-order chi connectivity index (χ0) is 12.8. The molecule has 0 spiro atoms. The highest BCUT2D eigenvalue weighted by molar-refractivity contribution is 5.33. The van der Waals surface area contributed by atoms with Crippen LogP contribution in [0.4, 0.5) is 4.39 Å². The number of benzene rings is 2. The molecule has 2 rings (SSSR count). The van der Waals surface area contributed by atoms with Gasteiger partial charge in [0.2, 0.25) is 0 Å². The average Bonchev–Trinajstić information content (AvgIpc) is 2.41. The molecule has 0 aliphatic carbocycles. The van der Waals surface area contributed by atoms with Gasteiger partial charge >= 0.3 is 0 Å². The molecule has 0 radical (unpaired) electrons. The van der Waals surface area contributed by atoms with Gasteiger partial charge in [-0.15, -0.1) is 0 Å². The Kier molecular flexibility index (Phi) is 4.31. The van der Waals surface area contributed by atoms with Crippen LogP contribution in [0.2, 0.25) is 0 Å². The Morgan fingerprint density at radius 3 is 2.28 bits per heavy atom. The van der Waals surface area contributed by atoms with Crippen molar-refractivity contribution >= 4 is 0 Å². The largest absolute Gasteiger partial charge is 0.496 e. The standard InChI is InChI=1S/C15H16FNO/c1-18-15-9-5-3-7-13(15)11-17-10-12-6-2-4-8-14(12)16/h2-9,17H,10-11H2,1H3. The molecule has 0 aromatic heterocycles. The quantitative estimate of drug-likeness (QED) is 0.873. The van der Waals surface area contributed by atoms with Crippen molar-refractivity contribution in [1.29, 1.82) is 0 Å². The summed E-state index contributed by atoms with van der Waals surface area (Å²) in [5.41, 5.74) is 1.74. The van der Waals surface area contributed by atoms with Crippen molar-refractivity contribution in [3.8, 4) is 5.75 Å². The first-order valence-corrected chi connectivity index (χ1v) is 5.87. The van der Waals surface area contributed by atoms with E-state index in [1.54, 1.807) is 19.2 Å². The number of nitrogens with one attached hydrogen (secondary N) is 1. The first kappa shape index (κ1) is 12.6. The maximum Gasteiger partial charge on any atom is 0.127 e. The first-order valence-electron chi connectivity index (χ1n) is 5.87. The molecule has 0 fully saturated rings. The van der Waals surface area contributed by atoms with Gasteiger partial charge in [0, 0.05) is 24.2 Å². The number of halogens is 1. The van der Waals surface area contributed by atoms with Crippen LogP contribution in [-0.4, -0.2) is 7.11 Å². The summed E-state index contributed by atoms with van der Waals surface area (Å²) in [6.07, 6.45) is 0. The van der Waals surface area contributed by atoms with Gasteiger partial charge in [0.1, 0.15) is 11.6 Å². The zero-order valence-electron chi connectivity index (χ0n) is 10.3. The molecule has 0 saturated carbocycles. The lowest BCUT2D eigenvalue weighted by atomic mass is 10.2. The van der Waals surface area contributed by atoms with E-state index in [9.17, 15) is 4.39 Å². The highest BCUT2D eigenvalue weighted by atomic mass is 19.1. The predicted molar refractivity (Wildman–Crippen MR) is 69.9 cm³/mol. The molecule has 0 unspecified atom stereocenters. The van der Waals surface area contributed by atoms with Crippen LogP contribution < -0.4 is 10.1 Å². The Labute approximate surface area is 106 Å². The lowest BCUT2D eigenvalue weighted by Crippen LogP contribution is -2.14.